The maximum absolute atomic E-state index is 11.7. The highest BCUT2D eigenvalue weighted by Gasteiger charge is 2.11. The van der Waals surface area contributed by atoms with Gasteiger partial charge in [0, 0.05) is 39.3 Å². The van der Waals surface area contributed by atoms with Crippen molar-refractivity contribution in [1.82, 2.24) is 15.5 Å². The molecule has 0 unspecified atom stereocenters. The Kier molecular flexibility index (Phi) is 6.18. The van der Waals surface area contributed by atoms with E-state index in [-0.39, 0.29) is 18.3 Å². The lowest BCUT2D eigenvalue weighted by atomic mass is 10.3. The predicted octanol–water partition coefficient (Wildman–Crippen LogP) is 0.645. The summed E-state index contributed by atoms with van der Waals surface area (Å²) in [6.45, 7) is 7.56. The molecule has 0 bridgehead atoms. The van der Waals surface area contributed by atoms with Crippen LogP contribution in [0.4, 0.5) is 0 Å². The second kappa shape index (κ2) is 7.41. The summed E-state index contributed by atoms with van der Waals surface area (Å²) in [7, 11) is 0. The summed E-state index contributed by atoms with van der Waals surface area (Å²) >= 11 is 0. The number of hydrogen-bond acceptors (Lipinski definition) is 4. The molecule has 2 rings (SSSR count). The zero-order valence-corrected chi connectivity index (χ0v) is 11.4. The van der Waals surface area contributed by atoms with Crippen molar-refractivity contribution in [2.24, 2.45) is 0 Å². The number of piperazine rings is 1. The van der Waals surface area contributed by atoms with E-state index in [0.717, 1.165) is 38.5 Å². The molecule has 2 N–H and O–H groups in total. The van der Waals surface area contributed by atoms with Gasteiger partial charge in [0.2, 0.25) is 0 Å². The third-order valence-electron chi connectivity index (χ3n) is 2.89. The first kappa shape index (κ1) is 15.0. The van der Waals surface area contributed by atoms with Crippen molar-refractivity contribution >= 4 is 18.3 Å². The lowest BCUT2D eigenvalue weighted by Crippen LogP contribution is -2.46. The summed E-state index contributed by atoms with van der Waals surface area (Å²) in [4.78, 5) is 14.0. The summed E-state index contributed by atoms with van der Waals surface area (Å²) in [6.07, 6.45) is 0. The Hall–Kier alpha value is -1.04. The number of carbonyl (C=O) groups is 1. The van der Waals surface area contributed by atoms with Gasteiger partial charge in [-0.2, -0.15) is 0 Å². The summed E-state index contributed by atoms with van der Waals surface area (Å²) < 4.78 is 5.25. The van der Waals surface area contributed by atoms with Crippen molar-refractivity contribution in [2.75, 3.05) is 39.3 Å². The Balaban J connectivity index is 0.00000162. The van der Waals surface area contributed by atoms with Crippen LogP contribution in [0.3, 0.4) is 0 Å². The molecule has 1 fully saturated rings. The third kappa shape index (κ3) is 4.33. The Labute approximate surface area is 113 Å². The average molecular weight is 274 g/mol. The second-order valence-electron chi connectivity index (χ2n) is 4.26. The largest absolute Gasteiger partial charge is 0.456 e. The zero-order valence-electron chi connectivity index (χ0n) is 10.6. The Morgan fingerprint density at radius 2 is 2.17 bits per heavy atom. The van der Waals surface area contributed by atoms with E-state index in [2.05, 4.69) is 15.5 Å². The molecule has 1 aliphatic heterocycles. The van der Waals surface area contributed by atoms with Gasteiger partial charge in [0.25, 0.3) is 5.91 Å². The number of rotatable bonds is 4. The van der Waals surface area contributed by atoms with E-state index in [1.807, 2.05) is 6.92 Å². The predicted molar refractivity (Wildman–Crippen MR) is 72.3 cm³/mol. The Morgan fingerprint density at radius 3 is 2.78 bits per heavy atom. The molecule has 18 heavy (non-hydrogen) atoms. The first-order valence-electron chi connectivity index (χ1n) is 6.03. The normalized spacial score (nSPS) is 16.1. The van der Waals surface area contributed by atoms with Crippen molar-refractivity contribution in [3.63, 3.8) is 0 Å². The van der Waals surface area contributed by atoms with Gasteiger partial charge in [0.05, 0.1) is 0 Å². The highest BCUT2D eigenvalue weighted by atomic mass is 35.5. The summed E-state index contributed by atoms with van der Waals surface area (Å²) in [5.41, 5.74) is 0. The van der Waals surface area contributed by atoms with E-state index in [1.54, 1.807) is 12.1 Å². The standard InChI is InChI=1S/C12H19N3O2.ClH/c1-10-2-3-11(17-10)12(16)14-6-9-15-7-4-13-5-8-15;/h2-3,13H,4-9H2,1H3,(H,14,16);1H. The molecule has 1 amide bonds. The number of amides is 1. The van der Waals surface area contributed by atoms with Crippen LogP contribution in [0.1, 0.15) is 16.3 Å². The maximum atomic E-state index is 11.7. The second-order valence-corrected chi connectivity index (χ2v) is 4.26. The molecule has 6 heteroatoms. The van der Waals surface area contributed by atoms with Gasteiger partial charge >= 0.3 is 0 Å². The molecule has 1 saturated heterocycles. The van der Waals surface area contributed by atoms with Crippen LogP contribution < -0.4 is 10.6 Å². The minimum absolute atomic E-state index is 0. The summed E-state index contributed by atoms with van der Waals surface area (Å²) in [5, 5.41) is 6.16. The van der Waals surface area contributed by atoms with Gasteiger partial charge < -0.3 is 15.1 Å². The maximum Gasteiger partial charge on any atom is 0.287 e. The van der Waals surface area contributed by atoms with E-state index in [9.17, 15) is 4.79 Å². The molecular formula is C12H20ClN3O2. The van der Waals surface area contributed by atoms with Crippen LogP contribution in [0.15, 0.2) is 16.5 Å². The molecule has 102 valence electrons. The van der Waals surface area contributed by atoms with Crippen LogP contribution in [-0.4, -0.2) is 50.1 Å². The lowest BCUT2D eigenvalue weighted by molar-refractivity contribution is 0.0918. The molecule has 0 atom stereocenters. The molecule has 5 nitrogen and oxygen atoms in total. The molecule has 0 saturated carbocycles. The van der Waals surface area contributed by atoms with Crippen molar-refractivity contribution in [2.45, 2.75) is 6.92 Å². The first-order valence-corrected chi connectivity index (χ1v) is 6.03. The number of nitrogens with one attached hydrogen (secondary N) is 2. The number of aryl methyl sites for hydroxylation is 1. The molecule has 1 aliphatic rings. The summed E-state index contributed by atoms with van der Waals surface area (Å²) in [6, 6.07) is 3.50. The molecule has 1 aromatic heterocycles. The quantitative estimate of drug-likeness (QED) is 0.846. The molecule has 2 heterocycles. The van der Waals surface area contributed by atoms with Gasteiger partial charge in [-0.15, -0.1) is 12.4 Å². The average Bonchev–Trinajstić information content (AvgIpc) is 2.77. The van der Waals surface area contributed by atoms with Crippen LogP contribution in [0.5, 0.6) is 0 Å². The minimum Gasteiger partial charge on any atom is -0.456 e. The number of halogens is 1. The van der Waals surface area contributed by atoms with E-state index in [1.165, 1.54) is 0 Å². The molecule has 1 aromatic rings. The Morgan fingerprint density at radius 1 is 1.44 bits per heavy atom. The van der Waals surface area contributed by atoms with Crippen LogP contribution in [0.25, 0.3) is 0 Å². The van der Waals surface area contributed by atoms with Crippen molar-refractivity contribution in [3.05, 3.63) is 23.7 Å². The lowest BCUT2D eigenvalue weighted by Gasteiger charge is -2.26. The molecule has 0 aromatic carbocycles. The van der Waals surface area contributed by atoms with Gasteiger partial charge in [-0.3, -0.25) is 9.69 Å². The smallest absolute Gasteiger partial charge is 0.287 e. The third-order valence-corrected chi connectivity index (χ3v) is 2.89. The first-order chi connectivity index (χ1) is 8.25. The highest BCUT2D eigenvalue weighted by Crippen LogP contribution is 2.05. The van der Waals surface area contributed by atoms with Crippen LogP contribution in [0.2, 0.25) is 0 Å². The van der Waals surface area contributed by atoms with Crippen molar-refractivity contribution in [1.29, 1.82) is 0 Å². The zero-order chi connectivity index (χ0) is 12.1. The van der Waals surface area contributed by atoms with E-state index in [0.29, 0.717) is 12.3 Å². The van der Waals surface area contributed by atoms with Gasteiger partial charge in [-0.05, 0) is 19.1 Å². The summed E-state index contributed by atoms with van der Waals surface area (Å²) in [5.74, 6) is 1.02. The fourth-order valence-corrected chi connectivity index (χ4v) is 1.91. The minimum atomic E-state index is -0.131. The van der Waals surface area contributed by atoms with Gasteiger partial charge in [0.15, 0.2) is 5.76 Å². The highest BCUT2D eigenvalue weighted by molar-refractivity contribution is 5.91. The molecule has 0 spiro atoms. The monoisotopic (exact) mass is 273 g/mol. The fourth-order valence-electron chi connectivity index (χ4n) is 1.91. The van der Waals surface area contributed by atoms with Gasteiger partial charge in [-0.25, -0.2) is 0 Å². The molecular weight excluding hydrogens is 254 g/mol. The number of furan rings is 1. The van der Waals surface area contributed by atoms with Crippen molar-refractivity contribution < 1.29 is 9.21 Å². The molecule has 0 aliphatic carbocycles. The van der Waals surface area contributed by atoms with Crippen LogP contribution >= 0.6 is 12.4 Å². The number of nitrogens with zero attached hydrogens (tertiary/aromatic N) is 1. The van der Waals surface area contributed by atoms with Gasteiger partial charge in [0.1, 0.15) is 5.76 Å². The van der Waals surface area contributed by atoms with E-state index < -0.39 is 0 Å². The van der Waals surface area contributed by atoms with Crippen LogP contribution in [-0.2, 0) is 0 Å². The van der Waals surface area contributed by atoms with E-state index in [4.69, 9.17) is 4.42 Å². The van der Waals surface area contributed by atoms with E-state index >= 15 is 0 Å². The topological polar surface area (TPSA) is 57.5 Å². The number of hydrogen-bond donors (Lipinski definition) is 2. The Bertz CT molecular complexity index is 375. The van der Waals surface area contributed by atoms with Crippen LogP contribution in [0, 0.1) is 6.92 Å². The molecule has 0 radical (unpaired) electrons. The fraction of sp³-hybridized carbons (Fsp3) is 0.583. The SMILES string of the molecule is Cc1ccc(C(=O)NCCN2CCNCC2)o1.Cl. The van der Waals surface area contributed by atoms with Gasteiger partial charge in [-0.1, -0.05) is 0 Å². The van der Waals surface area contributed by atoms with Crippen molar-refractivity contribution in [3.8, 4) is 0 Å². The number of carbonyl (C=O) groups excluding carboxylic acids is 1.